The highest BCUT2D eigenvalue weighted by Gasteiger charge is 2.22. The Hall–Kier alpha value is -2.96. The molecule has 0 saturated heterocycles. The van der Waals surface area contributed by atoms with Crippen molar-refractivity contribution in [3.8, 4) is 5.82 Å². The molecule has 1 aliphatic rings. The molecule has 158 valence electrons. The lowest BCUT2D eigenvalue weighted by Gasteiger charge is -2.27. The van der Waals surface area contributed by atoms with Crippen LogP contribution in [0.15, 0.2) is 36.8 Å². The maximum Gasteiger partial charge on any atom is 0.255 e. The zero-order valence-corrected chi connectivity index (χ0v) is 17.7. The van der Waals surface area contributed by atoms with Crippen LogP contribution in [0.4, 0.5) is 10.1 Å². The highest BCUT2D eigenvalue weighted by Crippen LogP contribution is 2.26. The molecule has 3 aromatic heterocycles. The Kier molecular flexibility index (Phi) is 5.70. The van der Waals surface area contributed by atoms with Crippen LogP contribution in [0.2, 0.25) is 0 Å². The Balaban J connectivity index is 1.64. The van der Waals surface area contributed by atoms with E-state index in [0.717, 1.165) is 37.3 Å². The lowest BCUT2D eigenvalue weighted by molar-refractivity contribution is 0.0923. The first-order chi connectivity index (χ1) is 14.4. The van der Waals surface area contributed by atoms with E-state index in [1.165, 1.54) is 12.3 Å². The number of hydrogen-bond acceptors (Lipinski definition) is 4. The van der Waals surface area contributed by atoms with E-state index < -0.39 is 0 Å². The molecule has 6 nitrogen and oxygen atoms in total. The van der Waals surface area contributed by atoms with E-state index in [1.54, 1.807) is 16.8 Å². The van der Waals surface area contributed by atoms with Crippen molar-refractivity contribution >= 4 is 22.6 Å². The molecule has 4 rings (SSSR count). The fourth-order valence-corrected chi connectivity index (χ4v) is 4.04. The number of carbonyl (C=O) groups is 1. The van der Waals surface area contributed by atoms with Gasteiger partial charge in [0.1, 0.15) is 17.3 Å². The number of amides is 1. The van der Waals surface area contributed by atoms with Gasteiger partial charge >= 0.3 is 0 Å². The second-order valence-corrected chi connectivity index (χ2v) is 8.57. The van der Waals surface area contributed by atoms with Gasteiger partial charge in [-0.2, -0.15) is 0 Å². The average molecular weight is 410 g/mol. The van der Waals surface area contributed by atoms with Crippen LogP contribution in [0.3, 0.4) is 0 Å². The van der Waals surface area contributed by atoms with Gasteiger partial charge < -0.3 is 10.6 Å². The summed E-state index contributed by atoms with van der Waals surface area (Å²) in [6.07, 6.45) is 8.93. The number of fused-ring (bicyclic) bond motifs is 1. The number of anilines is 1. The van der Waals surface area contributed by atoms with Crippen LogP contribution in [-0.2, 0) is 0 Å². The average Bonchev–Trinajstić information content (AvgIpc) is 3.12. The molecule has 0 spiro atoms. The molecular formula is C23H28FN5O. The summed E-state index contributed by atoms with van der Waals surface area (Å²) in [6.45, 7) is 6.32. The third kappa shape index (κ3) is 4.30. The van der Waals surface area contributed by atoms with Crippen LogP contribution in [0.5, 0.6) is 0 Å². The first kappa shape index (κ1) is 20.3. The summed E-state index contributed by atoms with van der Waals surface area (Å²) in [6, 6.07) is 5.46. The molecule has 1 amide bonds. The Morgan fingerprint density at radius 2 is 1.93 bits per heavy atom. The van der Waals surface area contributed by atoms with Crippen molar-refractivity contribution in [1.29, 1.82) is 0 Å². The van der Waals surface area contributed by atoms with Crippen LogP contribution in [-0.4, -0.2) is 32.5 Å². The molecule has 1 fully saturated rings. The highest BCUT2D eigenvalue weighted by molar-refractivity contribution is 5.99. The molecule has 7 heteroatoms. The van der Waals surface area contributed by atoms with Crippen molar-refractivity contribution in [2.45, 2.75) is 58.5 Å². The molecule has 2 N–H and O–H groups in total. The monoisotopic (exact) mass is 409 g/mol. The largest absolute Gasteiger partial charge is 0.382 e. The third-order valence-electron chi connectivity index (χ3n) is 5.67. The van der Waals surface area contributed by atoms with Crippen molar-refractivity contribution in [2.24, 2.45) is 5.92 Å². The van der Waals surface area contributed by atoms with Crippen LogP contribution < -0.4 is 10.6 Å². The van der Waals surface area contributed by atoms with Gasteiger partial charge in [-0.05, 0) is 57.6 Å². The minimum absolute atomic E-state index is 0.102. The van der Waals surface area contributed by atoms with E-state index in [9.17, 15) is 9.18 Å². The zero-order chi connectivity index (χ0) is 21.3. The fraction of sp³-hybridized carbons (Fsp3) is 0.435. The summed E-state index contributed by atoms with van der Waals surface area (Å²) in [5.41, 5.74) is 1.87. The van der Waals surface area contributed by atoms with Gasteiger partial charge in [0.15, 0.2) is 0 Å². The van der Waals surface area contributed by atoms with E-state index in [1.807, 2.05) is 26.1 Å². The van der Waals surface area contributed by atoms with Crippen molar-refractivity contribution in [3.05, 3.63) is 48.2 Å². The summed E-state index contributed by atoms with van der Waals surface area (Å²) < 4.78 is 15.3. The lowest BCUT2D eigenvalue weighted by atomic mass is 9.87. The van der Waals surface area contributed by atoms with Gasteiger partial charge in [-0.15, -0.1) is 0 Å². The molecule has 0 aliphatic heterocycles. The van der Waals surface area contributed by atoms with E-state index in [2.05, 4.69) is 27.5 Å². The highest BCUT2D eigenvalue weighted by atomic mass is 19.1. The number of carbonyl (C=O) groups excluding carboxylic acids is 1. The standard InChI is InChI=1S/C23H28FN5O/c1-14(2)27-20-11-21(29-9-8-16-10-17(24)12-26-22(16)29)25-13-19(20)23(30)28-18-6-4-15(3)5-7-18/h8-15,18H,4-7H2,1-3H3,(H,25,27)(H,28,30)/t15-,18-. The van der Waals surface area contributed by atoms with Gasteiger partial charge in [-0.25, -0.2) is 14.4 Å². The second kappa shape index (κ2) is 8.42. The third-order valence-corrected chi connectivity index (χ3v) is 5.67. The molecule has 1 saturated carbocycles. The van der Waals surface area contributed by atoms with Gasteiger partial charge in [-0.3, -0.25) is 9.36 Å². The SMILES string of the molecule is CC(C)Nc1cc(-n2ccc3cc(F)cnc32)ncc1C(=O)N[C@H]1CC[C@H](C)CC1. The Morgan fingerprint density at radius 1 is 1.17 bits per heavy atom. The molecular weight excluding hydrogens is 381 g/mol. The maximum absolute atomic E-state index is 13.5. The number of halogens is 1. The van der Waals surface area contributed by atoms with Crippen molar-refractivity contribution in [2.75, 3.05) is 5.32 Å². The molecule has 0 radical (unpaired) electrons. The fourth-order valence-electron chi connectivity index (χ4n) is 4.04. The predicted molar refractivity (Wildman–Crippen MR) is 116 cm³/mol. The molecule has 3 heterocycles. The lowest BCUT2D eigenvalue weighted by Crippen LogP contribution is -2.37. The molecule has 1 aliphatic carbocycles. The topological polar surface area (TPSA) is 71.8 Å². The van der Waals surface area contributed by atoms with E-state index >= 15 is 0 Å². The van der Waals surface area contributed by atoms with Crippen molar-refractivity contribution in [3.63, 3.8) is 0 Å². The van der Waals surface area contributed by atoms with Crippen molar-refractivity contribution in [1.82, 2.24) is 19.9 Å². The van der Waals surface area contributed by atoms with E-state index in [-0.39, 0.29) is 23.8 Å². The van der Waals surface area contributed by atoms with Crippen LogP contribution >= 0.6 is 0 Å². The summed E-state index contributed by atoms with van der Waals surface area (Å²) >= 11 is 0. The maximum atomic E-state index is 13.5. The molecule has 0 unspecified atom stereocenters. The van der Waals surface area contributed by atoms with Crippen LogP contribution in [0.1, 0.15) is 56.8 Å². The number of rotatable bonds is 5. The van der Waals surface area contributed by atoms with E-state index in [0.29, 0.717) is 22.4 Å². The normalized spacial score (nSPS) is 19.2. The zero-order valence-electron chi connectivity index (χ0n) is 17.7. The Labute approximate surface area is 175 Å². The molecule has 3 aromatic rings. The smallest absolute Gasteiger partial charge is 0.255 e. The Bertz CT molecular complexity index is 1050. The Morgan fingerprint density at radius 3 is 2.67 bits per heavy atom. The number of pyridine rings is 2. The summed E-state index contributed by atoms with van der Waals surface area (Å²) in [7, 11) is 0. The van der Waals surface area contributed by atoms with E-state index in [4.69, 9.17) is 0 Å². The molecule has 0 aromatic carbocycles. The number of hydrogen-bond donors (Lipinski definition) is 2. The predicted octanol–water partition coefficient (Wildman–Crippen LogP) is 4.69. The quantitative estimate of drug-likeness (QED) is 0.641. The summed E-state index contributed by atoms with van der Waals surface area (Å²) in [4.78, 5) is 21.7. The van der Waals surface area contributed by atoms with Gasteiger partial charge in [0, 0.05) is 35.9 Å². The molecule has 0 atom stereocenters. The first-order valence-corrected chi connectivity index (χ1v) is 10.6. The number of aromatic nitrogens is 3. The number of nitrogens with zero attached hydrogens (tertiary/aromatic N) is 3. The summed E-state index contributed by atoms with van der Waals surface area (Å²) in [5.74, 6) is 0.875. The van der Waals surface area contributed by atoms with Gasteiger partial charge in [-0.1, -0.05) is 6.92 Å². The minimum atomic E-state index is -0.375. The van der Waals surface area contributed by atoms with Gasteiger partial charge in [0.05, 0.1) is 17.4 Å². The minimum Gasteiger partial charge on any atom is -0.382 e. The van der Waals surface area contributed by atoms with Crippen LogP contribution in [0, 0.1) is 11.7 Å². The van der Waals surface area contributed by atoms with Gasteiger partial charge in [0.25, 0.3) is 5.91 Å². The number of nitrogens with one attached hydrogen (secondary N) is 2. The van der Waals surface area contributed by atoms with Gasteiger partial charge in [0.2, 0.25) is 0 Å². The second-order valence-electron chi connectivity index (χ2n) is 8.57. The van der Waals surface area contributed by atoms with Crippen molar-refractivity contribution < 1.29 is 9.18 Å². The molecule has 0 bridgehead atoms. The first-order valence-electron chi connectivity index (χ1n) is 10.6. The molecule has 30 heavy (non-hydrogen) atoms. The van der Waals surface area contributed by atoms with Crippen LogP contribution in [0.25, 0.3) is 16.9 Å². The summed E-state index contributed by atoms with van der Waals surface area (Å²) in [5, 5.41) is 7.24.